The third-order valence-electron chi connectivity index (χ3n) is 3.65. The van der Waals surface area contributed by atoms with Crippen LogP contribution in [0.2, 0.25) is 0 Å². The first-order valence-corrected chi connectivity index (χ1v) is 7.08. The van der Waals surface area contributed by atoms with Gasteiger partial charge >= 0.3 is 0 Å². The number of ether oxygens (including phenoxy) is 2. The van der Waals surface area contributed by atoms with Crippen molar-refractivity contribution in [1.82, 2.24) is 10.6 Å². The molecule has 0 radical (unpaired) electrons. The summed E-state index contributed by atoms with van der Waals surface area (Å²) in [4.78, 5) is 21.6. The molecule has 0 bridgehead atoms. The van der Waals surface area contributed by atoms with E-state index in [1.165, 1.54) is 0 Å². The summed E-state index contributed by atoms with van der Waals surface area (Å²) in [6.45, 7) is 0.574. The van der Waals surface area contributed by atoms with E-state index in [1.807, 2.05) is 0 Å². The number of aliphatic hydroxyl groups excluding tert-OH is 1. The molecule has 1 heterocycles. The molecule has 0 aromatic carbocycles. The van der Waals surface area contributed by atoms with Gasteiger partial charge in [-0.1, -0.05) is 0 Å². The maximum Gasteiger partial charge on any atom is 0.246 e. The summed E-state index contributed by atoms with van der Waals surface area (Å²) in [7, 11) is 0. The monoisotopic (exact) mass is 286 g/mol. The van der Waals surface area contributed by atoms with E-state index in [0.717, 1.165) is 19.3 Å². The third-order valence-corrected chi connectivity index (χ3v) is 3.65. The molecular formula is C13H22N2O5. The summed E-state index contributed by atoms with van der Waals surface area (Å²) in [6, 6.07) is 0. The van der Waals surface area contributed by atoms with Gasteiger partial charge in [0.1, 0.15) is 6.61 Å². The lowest BCUT2D eigenvalue weighted by molar-refractivity contribution is -0.128. The van der Waals surface area contributed by atoms with Crippen LogP contribution in [-0.4, -0.2) is 61.5 Å². The molecule has 2 fully saturated rings. The van der Waals surface area contributed by atoms with Crippen LogP contribution in [-0.2, 0) is 19.1 Å². The molecule has 1 saturated heterocycles. The predicted octanol–water partition coefficient (Wildman–Crippen LogP) is -1.06. The second-order valence-electron chi connectivity index (χ2n) is 5.28. The van der Waals surface area contributed by atoms with E-state index in [4.69, 9.17) is 9.47 Å². The van der Waals surface area contributed by atoms with Crippen LogP contribution in [0.1, 0.15) is 25.7 Å². The Morgan fingerprint density at radius 1 is 1.45 bits per heavy atom. The molecule has 4 unspecified atom stereocenters. The van der Waals surface area contributed by atoms with Gasteiger partial charge in [0.05, 0.1) is 24.4 Å². The minimum Gasteiger partial charge on any atom is -0.391 e. The van der Waals surface area contributed by atoms with Gasteiger partial charge in [0.15, 0.2) is 0 Å². The molecule has 1 aliphatic heterocycles. The minimum atomic E-state index is -0.665. The van der Waals surface area contributed by atoms with E-state index < -0.39 is 6.10 Å². The fraction of sp³-hybridized carbons (Fsp3) is 0.846. The quantitative estimate of drug-likeness (QED) is 0.285. The number of rotatable bonds is 9. The van der Waals surface area contributed by atoms with Crippen LogP contribution in [0.3, 0.4) is 0 Å². The van der Waals surface area contributed by atoms with E-state index in [-0.39, 0.29) is 25.2 Å². The summed E-state index contributed by atoms with van der Waals surface area (Å²) in [5.41, 5.74) is 0. The lowest BCUT2D eigenvalue weighted by Gasteiger charge is -2.19. The van der Waals surface area contributed by atoms with Crippen molar-refractivity contribution < 1.29 is 24.2 Å². The topological polar surface area (TPSA) is 100 Å². The standard InChI is InChI=1S/C13H22N2O5/c16-8-14-4-3-9(17)6-15-13(18)7-19-10-1-2-11-12(5-10)20-11/h8-12,17H,1-7H2,(H,14,16)(H,15,18). The molecule has 7 heteroatoms. The molecule has 2 amide bonds. The van der Waals surface area contributed by atoms with Crippen molar-refractivity contribution in [3.63, 3.8) is 0 Å². The lowest BCUT2D eigenvalue weighted by atomic mass is 9.98. The molecule has 0 aromatic heterocycles. The largest absolute Gasteiger partial charge is 0.391 e. The lowest BCUT2D eigenvalue weighted by Crippen LogP contribution is -2.37. The Bertz CT molecular complexity index is 339. The normalized spacial score (nSPS) is 29.1. The minimum absolute atomic E-state index is 0.0152. The zero-order valence-electron chi connectivity index (χ0n) is 11.4. The zero-order valence-corrected chi connectivity index (χ0v) is 11.4. The van der Waals surface area contributed by atoms with Crippen LogP contribution in [0.15, 0.2) is 0 Å². The number of carbonyl (C=O) groups is 2. The number of aliphatic hydroxyl groups is 1. The molecule has 1 aliphatic carbocycles. The highest BCUT2D eigenvalue weighted by molar-refractivity contribution is 5.77. The molecule has 7 nitrogen and oxygen atoms in total. The van der Waals surface area contributed by atoms with E-state index in [1.54, 1.807) is 0 Å². The van der Waals surface area contributed by atoms with Crippen molar-refractivity contribution >= 4 is 12.3 Å². The molecule has 4 atom stereocenters. The Balaban J connectivity index is 1.50. The van der Waals surface area contributed by atoms with E-state index in [0.29, 0.717) is 31.6 Å². The number of nitrogens with one attached hydrogen (secondary N) is 2. The molecule has 114 valence electrons. The molecule has 20 heavy (non-hydrogen) atoms. The van der Waals surface area contributed by atoms with Crippen molar-refractivity contribution in [1.29, 1.82) is 0 Å². The Hall–Kier alpha value is -1.18. The van der Waals surface area contributed by atoms with E-state index >= 15 is 0 Å². The molecule has 3 N–H and O–H groups in total. The van der Waals surface area contributed by atoms with Crippen molar-refractivity contribution in [3.8, 4) is 0 Å². The Morgan fingerprint density at radius 2 is 2.30 bits per heavy atom. The molecule has 2 rings (SSSR count). The molecular weight excluding hydrogens is 264 g/mol. The van der Waals surface area contributed by atoms with Gasteiger partial charge in [-0.05, 0) is 19.3 Å². The second-order valence-corrected chi connectivity index (χ2v) is 5.28. The van der Waals surface area contributed by atoms with Crippen molar-refractivity contribution in [2.45, 2.75) is 50.1 Å². The fourth-order valence-corrected chi connectivity index (χ4v) is 2.41. The number of amides is 2. The average molecular weight is 286 g/mol. The van der Waals surface area contributed by atoms with Crippen molar-refractivity contribution in [3.05, 3.63) is 0 Å². The van der Waals surface area contributed by atoms with Crippen LogP contribution in [0, 0.1) is 0 Å². The van der Waals surface area contributed by atoms with Gasteiger partial charge in [-0.2, -0.15) is 0 Å². The number of hydrogen-bond donors (Lipinski definition) is 3. The fourth-order valence-electron chi connectivity index (χ4n) is 2.41. The highest BCUT2D eigenvalue weighted by atomic mass is 16.6. The third kappa shape index (κ3) is 5.07. The average Bonchev–Trinajstić information content (AvgIpc) is 3.21. The SMILES string of the molecule is O=CNCCC(O)CNC(=O)COC1CCC2OC2C1. The highest BCUT2D eigenvalue weighted by Crippen LogP contribution is 2.37. The van der Waals surface area contributed by atoms with Crippen LogP contribution in [0.25, 0.3) is 0 Å². The van der Waals surface area contributed by atoms with Crippen LogP contribution < -0.4 is 10.6 Å². The second kappa shape index (κ2) is 7.56. The summed E-state index contributed by atoms with van der Waals surface area (Å²) < 4.78 is 10.9. The first kappa shape index (κ1) is 15.2. The maximum atomic E-state index is 11.6. The molecule has 1 saturated carbocycles. The Labute approximate surface area is 118 Å². The van der Waals surface area contributed by atoms with E-state index in [2.05, 4.69) is 10.6 Å². The van der Waals surface area contributed by atoms with Gasteiger partial charge in [-0.3, -0.25) is 9.59 Å². The molecule has 2 aliphatic rings. The van der Waals surface area contributed by atoms with Gasteiger partial charge in [0.2, 0.25) is 12.3 Å². The summed E-state index contributed by atoms with van der Waals surface area (Å²) in [6.07, 6.45) is 4.02. The molecule has 0 spiro atoms. The number of fused-ring (bicyclic) bond motifs is 1. The Morgan fingerprint density at radius 3 is 3.05 bits per heavy atom. The smallest absolute Gasteiger partial charge is 0.246 e. The Kier molecular flexibility index (Phi) is 5.75. The van der Waals surface area contributed by atoms with Crippen LogP contribution >= 0.6 is 0 Å². The van der Waals surface area contributed by atoms with Gasteiger partial charge in [0.25, 0.3) is 0 Å². The summed E-state index contributed by atoms with van der Waals surface area (Å²) in [5, 5.41) is 14.6. The van der Waals surface area contributed by atoms with Crippen LogP contribution in [0.5, 0.6) is 0 Å². The van der Waals surface area contributed by atoms with Gasteiger partial charge in [0, 0.05) is 19.5 Å². The van der Waals surface area contributed by atoms with Crippen LogP contribution in [0.4, 0.5) is 0 Å². The number of carbonyl (C=O) groups excluding carboxylic acids is 2. The first-order chi connectivity index (χ1) is 9.69. The predicted molar refractivity (Wildman–Crippen MR) is 70.0 cm³/mol. The number of epoxide rings is 1. The van der Waals surface area contributed by atoms with E-state index in [9.17, 15) is 14.7 Å². The van der Waals surface area contributed by atoms with Crippen molar-refractivity contribution in [2.24, 2.45) is 0 Å². The van der Waals surface area contributed by atoms with Gasteiger partial charge in [-0.25, -0.2) is 0 Å². The highest BCUT2D eigenvalue weighted by Gasteiger charge is 2.44. The van der Waals surface area contributed by atoms with Gasteiger partial charge < -0.3 is 25.2 Å². The first-order valence-electron chi connectivity index (χ1n) is 7.08. The van der Waals surface area contributed by atoms with Gasteiger partial charge in [-0.15, -0.1) is 0 Å². The molecule has 0 aromatic rings. The number of hydrogen-bond acceptors (Lipinski definition) is 5. The maximum absolute atomic E-state index is 11.6. The summed E-state index contributed by atoms with van der Waals surface area (Å²) in [5.74, 6) is -0.230. The van der Waals surface area contributed by atoms with Crippen molar-refractivity contribution in [2.75, 3.05) is 19.7 Å². The zero-order chi connectivity index (χ0) is 14.4. The summed E-state index contributed by atoms with van der Waals surface area (Å²) >= 11 is 0.